The number of nitrogens with zero attached hydrogens (tertiary/aromatic N) is 4. The zero-order valence-corrected chi connectivity index (χ0v) is 14.0. The number of carbonyl (C=O) groups is 1. The van der Waals surface area contributed by atoms with E-state index in [1.165, 1.54) is 0 Å². The molecule has 2 aromatic rings. The zero-order chi connectivity index (χ0) is 16.7. The van der Waals surface area contributed by atoms with Gasteiger partial charge in [0.15, 0.2) is 11.5 Å². The molecule has 1 fully saturated rings. The van der Waals surface area contributed by atoms with Gasteiger partial charge in [0.05, 0.1) is 6.04 Å². The number of fused-ring (bicyclic) bond motifs is 1. The molecule has 2 N–H and O–H groups in total. The number of aromatic amines is 1. The second kappa shape index (κ2) is 6.01. The molecule has 8 heteroatoms. The Morgan fingerprint density at radius 1 is 1.42 bits per heavy atom. The summed E-state index contributed by atoms with van der Waals surface area (Å²) in [6.07, 6.45) is 2.67. The van der Waals surface area contributed by atoms with Gasteiger partial charge in [-0.1, -0.05) is 19.0 Å². The van der Waals surface area contributed by atoms with Crippen molar-refractivity contribution in [3.8, 4) is 0 Å². The van der Waals surface area contributed by atoms with E-state index in [4.69, 9.17) is 4.52 Å². The lowest BCUT2D eigenvalue weighted by atomic mass is 10.1. The van der Waals surface area contributed by atoms with Gasteiger partial charge in [0.2, 0.25) is 5.89 Å². The molecule has 2 aliphatic rings. The van der Waals surface area contributed by atoms with E-state index < -0.39 is 0 Å². The molecule has 2 aromatic heterocycles. The average Bonchev–Trinajstić information content (AvgIpc) is 3.31. The fraction of sp³-hybridized carbons (Fsp3) is 0.625. The first-order valence-corrected chi connectivity index (χ1v) is 8.56. The Hall–Kier alpha value is -2.22. The summed E-state index contributed by atoms with van der Waals surface area (Å²) in [5.74, 6) is 1.36. The lowest BCUT2D eigenvalue weighted by Crippen LogP contribution is -2.33. The summed E-state index contributed by atoms with van der Waals surface area (Å²) in [6, 6.07) is -0.127. The first-order chi connectivity index (χ1) is 11.6. The van der Waals surface area contributed by atoms with Gasteiger partial charge in [-0.15, -0.1) is 0 Å². The summed E-state index contributed by atoms with van der Waals surface area (Å²) < 4.78 is 5.32. The second-order valence-electron chi connectivity index (χ2n) is 6.76. The van der Waals surface area contributed by atoms with Crippen molar-refractivity contribution in [2.75, 3.05) is 13.1 Å². The van der Waals surface area contributed by atoms with Gasteiger partial charge >= 0.3 is 0 Å². The predicted octanol–water partition coefficient (Wildman–Crippen LogP) is 1.54. The minimum Gasteiger partial charge on any atom is -0.339 e. The Balaban J connectivity index is 1.60. The number of hydrogen-bond acceptors (Lipinski definition) is 6. The van der Waals surface area contributed by atoms with Crippen molar-refractivity contribution >= 4 is 5.91 Å². The van der Waals surface area contributed by atoms with E-state index in [1.807, 2.05) is 18.7 Å². The molecule has 2 aliphatic heterocycles. The Morgan fingerprint density at radius 2 is 2.29 bits per heavy atom. The average molecular weight is 330 g/mol. The molecule has 0 bridgehead atoms. The SMILES string of the molecule is CC(C)c1nc(C2CCCN2C(=O)c2n[nH]c3c2CNCC3)no1. The molecule has 24 heavy (non-hydrogen) atoms. The van der Waals surface area contributed by atoms with Crippen LogP contribution in [0.2, 0.25) is 0 Å². The summed E-state index contributed by atoms with van der Waals surface area (Å²) in [5.41, 5.74) is 2.58. The van der Waals surface area contributed by atoms with E-state index in [0.29, 0.717) is 30.5 Å². The van der Waals surface area contributed by atoms with Crippen LogP contribution in [0.3, 0.4) is 0 Å². The third-order valence-electron chi connectivity index (χ3n) is 4.77. The fourth-order valence-electron chi connectivity index (χ4n) is 3.43. The van der Waals surface area contributed by atoms with Crippen molar-refractivity contribution in [2.24, 2.45) is 0 Å². The molecule has 1 amide bonds. The maximum Gasteiger partial charge on any atom is 0.275 e. The smallest absolute Gasteiger partial charge is 0.275 e. The zero-order valence-electron chi connectivity index (χ0n) is 14.0. The van der Waals surface area contributed by atoms with Gasteiger partial charge in [0.1, 0.15) is 0 Å². The van der Waals surface area contributed by atoms with Crippen LogP contribution in [-0.2, 0) is 13.0 Å². The molecular formula is C16H22N6O2. The van der Waals surface area contributed by atoms with Gasteiger partial charge in [-0.2, -0.15) is 10.1 Å². The number of amides is 1. The molecule has 0 spiro atoms. The Kier molecular flexibility index (Phi) is 3.84. The second-order valence-corrected chi connectivity index (χ2v) is 6.76. The number of rotatable bonds is 3. The summed E-state index contributed by atoms with van der Waals surface area (Å²) in [5, 5.41) is 14.7. The Morgan fingerprint density at radius 3 is 3.08 bits per heavy atom. The molecule has 1 saturated heterocycles. The lowest BCUT2D eigenvalue weighted by molar-refractivity contribution is 0.0721. The van der Waals surface area contributed by atoms with Crippen LogP contribution >= 0.6 is 0 Å². The van der Waals surface area contributed by atoms with Crippen LogP contribution in [0.1, 0.15) is 72.1 Å². The minimum absolute atomic E-state index is 0.0467. The predicted molar refractivity (Wildman–Crippen MR) is 85.4 cm³/mol. The van der Waals surface area contributed by atoms with E-state index in [1.54, 1.807) is 0 Å². The van der Waals surface area contributed by atoms with Crippen molar-refractivity contribution in [1.82, 2.24) is 30.6 Å². The van der Waals surface area contributed by atoms with Crippen molar-refractivity contribution in [3.63, 3.8) is 0 Å². The molecule has 128 valence electrons. The van der Waals surface area contributed by atoms with Gasteiger partial charge in [-0.25, -0.2) is 0 Å². The third-order valence-corrected chi connectivity index (χ3v) is 4.77. The van der Waals surface area contributed by atoms with Gasteiger partial charge in [-0.3, -0.25) is 9.89 Å². The van der Waals surface area contributed by atoms with Gasteiger partial charge in [0, 0.05) is 43.2 Å². The maximum atomic E-state index is 13.0. The molecule has 0 aromatic carbocycles. The summed E-state index contributed by atoms with van der Waals surface area (Å²) in [4.78, 5) is 19.3. The minimum atomic E-state index is -0.127. The highest BCUT2D eigenvalue weighted by Crippen LogP contribution is 2.32. The van der Waals surface area contributed by atoms with E-state index >= 15 is 0 Å². The van der Waals surface area contributed by atoms with Crippen LogP contribution in [0.4, 0.5) is 0 Å². The highest BCUT2D eigenvalue weighted by molar-refractivity contribution is 5.94. The number of likely N-dealkylation sites (tertiary alicyclic amines) is 1. The van der Waals surface area contributed by atoms with Gasteiger partial charge < -0.3 is 14.7 Å². The first-order valence-electron chi connectivity index (χ1n) is 8.56. The number of aromatic nitrogens is 4. The van der Waals surface area contributed by atoms with Crippen molar-refractivity contribution < 1.29 is 9.32 Å². The number of hydrogen-bond donors (Lipinski definition) is 2. The Bertz CT molecular complexity index is 750. The number of H-pyrrole nitrogens is 1. The number of carbonyl (C=O) groups excluding carboxylic acids is 1. The molecule has 0 saturated carbocycles. The van der Waals surface area contributed by atoms with E-state index in [2.05, 4.69) is 25.7 Å². The van der Waals surface area contributed by atoms with Crippen molar-refractivity contribution in [1.29, 1.82) is 0 Å². The highest BCUT2D eigenvalue weighted by Gasteiger charge is 2.36. The van der Waals surface area contributed by atoms with Crippen LogP contribution in [0.5, 0.6) is 0 Å². The first kappa shape index (κ1) is 15.3. The van der Waals surface area contributed by atoms with Crippen molar-refractivity contribution in [2.45, 2.75) is 51.6 Å². The standard InChI is InChI=1S/C16H22N6O2/c1-9(2)15-18-14(21-24-15)12-4-3-7-22(12)16(23)13-10-8-17-6-5-11(10)19-20-13/h9,12,17H,3-8H2,1-2H3,(H,19,20). The summed E-state index contributed by atoms with van der Waals surface area (Å²) >= 11 is 0. The molecule has 4 rings (SSSR count). The maximum absolute atomic E-state index is 13.0. The molecule has 0 aliphatic carbocycles. The van der Waals surface area contributed by atoms with E-state index in [0.717, 1.165) is 37.1 Å². The topological polar surface area (TPSA) is 99.9 Å². The lowest BCUT2D eigenvalue weighted by Gasteiger charge is -2.22. The van der Waals surface area contributed by atoms with Crippen LogP contribution in [0.15, 0.2) is 4.52 Å². The van der Waals surface area contributed by atoms with Gasteiger partial charge in [0.25, 0.3) is 5.91 Å². The third kappa shape index (κ3) is 2.50. The van der Waals surface area contributed by atoms with E-state index in [9.17, 15) is 4.79 Å². The van der Waals surface area contributed by atoms with Crippen LogP contribution < -0.4 is 5.32 Å². The van der Waals surface area contributed by atoms with Crippen LogP contribution in [-0.4, -0.2) is 44.2 Å². The Labute approximate surface area is 140 Å². The molecule has 0 radical (unpaired) electrons. The van der Waals surface area contributed by atoms with Gasteiger partial charge in [-0.05, 0) is 12.8 Å². The number of nitrogens with one attached hydrogen (secondary N) is 2. The van der Waals surface area contributed by atoms with Crippen LogP contribution in [0.25, 0.3) is 0 Å². The van der Waals surface area contributed by atoms with E-state index in [-0.39, 0.29) is 17.9 Å². The molecule has 4 heterocycles. The van der Waals surface area contributed by atoms with Crippen LogP contribution in [0, 0.1) is 0 Å². The monoisotopic (exact) mass is 330 g/mol. The molecule has 1 unspecified atom stereocenters. The largest absolute Gasteiger partial charge is 0.339 e. The van der Waals surface area contributed by atoms with Crippen molar-refractivity contribution in [3.05, 3.63) is 28.7 Å². The quantitative estimate of drug-likeness (QED) is 0.885. The summed E-state index contributed by atoms with van der Waals surface area (Å²) in [7, 11) is 0. The molecule has 8 nitrogen and oxygen atoms in total. The normalized spacial score (nSPS) is 20.6. The molecular weight excluding hydrogens is 308 g/mol. The molecule has 1 atom stereocenters. The fourth-order valence-corrected chi connectivity index (χ4v) is 3.43. The summed E-state index contributed by atoms with van der Waals surface area (Å²) in [6.45, 7) is 6.32. The highest BCUT2D eigenvalue weighted by atomic mass is 16.5.